The molecule has 0 aliphatic carbocycles. The zero-order valence-electron chi connectivity index (χ0n) is 10.0. The Hall–Kier alpha value is 0.350. The molecule has 0 saturated carbocycles. The molecule has 0 fully saturated rings. The fourth-order valence-corrected chi connectivity index (χ4v) is 3.09. The fraction of sp³-hybridized carbons (Fsp3) is 1.00. The van der Waals surface area contributed by atoms with Crippen molar-refractivity contribution in [3.05, 3.63) is 0 Å². The van der Waals surface area contributed by atoms with Gasteiger partial charge in [-0.2, -0.15) is 0 Å². The summed E-state index contributed by atoms with van der Waals surface area (Å²) in [5.41, 5.74) is 0. The molecule has 0 spiro atoms. The lowest BCUT2D eigenvalue weighted by Gasteiger charge is -2.14. The summed E-state index contributed by atoms with van der Waals surface area (Å²) in [4.78, 5) is 0. The van der Waals surface area contributed by atoms with Crippen LogP contribution < -0.4 is 4.72 Å². The first-order chi connectivity index (χ1) is 7.55. The van der Waals surface area contributed by atoms with E-state index in [-0.39, 0.29) is 5.75 Å². The quantitative estimate of drug-likeness (QED) is 0.493. The van der Waals surface area contributed by atoms with Gasteiger partial charge in [-0.3, -0.25) is 0 Å². The molecule has 0 aliphatic rings. The molecule has 0 bridgehead atoms. The first-order valence-corrected chi connectivity index (χ1v) is 8.35. The van der Waals surface area contributed by atoms with E-state index in [4.69, 9.17) is 4.74 Å². The second kappa shape index (κ2) is 9.39. The SMILES string of the molecule is CCC(CCBr)CNS(=O)(=O)CCCOC. The van der Waals surface area contributed by atoms with Crippen molar-refractivity contribution < 1.29 is 13.2 Å². The molecule has 16 heavy (non-hydrogen) atoms. The van der Waals surface area contributed by atoms with Gasteiger partial charge in [-0.05, 0) is 18.8 Å². The van der Waals surface area contributed by atoms with Gasteiger partial charge in [-0.1, -0.05) is 29.3 Å². The van der Waals surface area contributed by atoms with Crippen molar-refractivity contribution in [3.63, 3.8) is 0 Å². The third-order valence-corrected chi connectivity index (χ3v) is 4.34. The summed E-state index contributed by atoms with van der Waals surface area (Å²) in [6.45, 7) is 3.10. The van der Waals surface area contributed by atoms with E-state index in [9.17, 15) is 8.42 Å². The molecule has 4 nitrogen and oxygen atoms in total. The van der Waals surface area contributed by atoms with Crippen LogP contribution in [0.25, 0.3) is 0 Å². The minimum absolute atomic E-state index is 0.144. The van der Waals surface area contributed by atoms with Crippen molar-refractivity contribution in [2.75, 3.05) is 31.3 Å². The van der Waals surface area contributed by atoms with Crippen molar-refractivity contribution >= 4 is 26.0 Å². The molecule has 98 valence electrons. The Balaban J connectivity index is 3.87. The monoisotopic (exact) mass is 315 g/mol. The maximum Gasteiger partial charge on any atom is 0.211 e. The van der Waals surface area contributed by atoms with Gasteiger partial charge in [0.2, 0.25) is 10.0 Å². The number of alkyl halides is 1. The maximum absolute atomic E-state index is 11.6. The van der Waals surface area contributed by atoms with Gasteiger partial charge in [0, 0.05) is 25.6 Å². The Labute approximate surface area is 107 Å². The van der Waals surface area contributed by atoms with Gasteiger partial charge in [-0.15, -0.1) is 0 Å². The molecule has 0 amide bonds. The fourth-order valence-electron chi connectivity index (χ4n) is 1.32. The number of rotatable bonds is 10. The minimum atomic E-state index is -3.12. The summed E-state index contributed by atoms with van der Waals surface area (Å²) < 4.78 is 30.6. The number of halogens is 1. The summed E-state index contributed by atoms with van der Waals surface area (Å²) in [5, 5.41) is 0.914. The van der Waals surface area contributed by atoms with Crippen molar-refractivity contribution in [1.82, 2.24) is 4.72 Å². The summed E-state index contributed by atoms with van der Waals surface area (Å²) in [7, 11) is -1.55. The van der Waals surface area contributed by atoms with E-state index in [2.05, 4.69) is 27.6 Å². The lowest BCUT2D eigenvalue weighted by molar-refractivity contribution is 0.199. The normalized spacial score (nSPS) is 13.9. The van der Waals surface area contributed by atoms with Crippen molar-refractivity contribution in [2.45, 2.75) is 26.2 Å². The lowest BCUT2D eigenvalue weighted by atomic mass is 10.0. The highest BCUT2D eigenvalue weighted by Gasteiger charge is 2.12. The molecule has 0 aromatic carbocycles. The summed E-state index contributed by atoms with van der Waals surface area (Å²) >= 11 is 3.37. The van der Waals surface area contributed by atoms with Crippen LogP contribution in [0, 0.1) is 5.92 Å². The van der Waals surface area contributed by atoms with Gasteiger partial charge in [0.15, 0.2) is 0 Å². The van der Waals surface area contributed by atoms with Crippen LogP contribution in [0.1, 0.15) is 26.2 Å². The van der Waals surface area contributed by atoms with Crippen LogP contribution in [0.3, 0.4) is 0 Å². The van der Waals surface area contributed by atoms with E-state index in [1.165, 1.54) is 0 Å². The summed E-state index contributed by atoms with van der Waals surface area (Å²) in [6.07, 6.45) is 2.53. The highest BCUT2D eigenvalue weighted by atomic mass is 79.9. The number of sulfonamides is 1. The van der Waals surface area contributed by atoms with Crippen molar-refractivity contribution in [3.8, 4) is 0 Å². The van der Waals surface area contributed by atoms with Crippen molar-refractivity contribution in [1.29, 1.82) is 0 Å². The van der Waals surface area contributed by atoms with Crippen molar-refractivity contribution in [2.24, 2.45) is 5.92 Å². The summed E-state index contributed by atoms with van der Waals surface area (Å²) in [6, 6.07) is 0. The molecule has 6 heteroatoms. The number of ether oxygens (including phenoxy) is 1. The second-order valence-electron chi connectivity index (χ2n) is 3.77. The van der Waals surface area contributed by atoms with Crippen LogP contribution in [0.15, 0.2) is 0 Å². The number of hydrogen-bond acceptors (Lipinski definition) is 3. The van der Waals surface area contributed by atoms with Gasteiger partial charge in [-0.25, -0.2) is 13.1 Å². The molecular formula is C10H22BrNO3S. The molecule has 1 N–H and O–H groups in total. The van der Waals surface area contributed by atoms with E-state index in [1.807, 2.05) is 0 Å². The molecule has 0 radical (unpaired) electrons. The van der Waals surface area contributed by atoms with Crippen LogP contribution in [0.5, 0.6) is 0 Å². The first kappa shape index (κ1) is 16.4. The third kappa shape index (κ3) is 8.50. The molecule has 0 aromatic rings. The summed E-state index contributed by atoms with van der Waals surface area (Å²) in [5.74, 6) is 0.558. The van der Waals surface area contributed by atoms with Crippen LogP contribution in [-0.4, -0.2) is 39.8 Å². The van der Waals surface area contributed by atoms with E-state index in [1.54, 1.807) is 7.11 Å². The van der Waals surface area contributed by atoms with Crippen LogP contribution in [-0.2, 0) is 14.8 Å². The Morgan fingerprint density at radius 2 is 2.12 bits per heavy atom. The van der Waals surface area contributed by atoms with E-state index < -0.39 is 10.0 Å². The van der Waals surface area contributed by atoms with Crippen LogP contribution in [0.4, 0.5) is 0 Å². The molecule has 0 aliphatic heterocycles. The van der Waals surface area contributed by atoms with Crippen LogP contribution in [0.2, 0.25) is 0 Å². The van der Waals surface area contributed by atoms with E-state index >= 15 is 0 Å². The average Bonchev–Trinajstić information content (AvgIpc) is 2.24. The van der Waals surface area contributed by atoms with Gasteiger partial charge in [0.25, 0.3) is 0 Å². The Morgan fingerprint density at radius 1 is 1.44 bits per heavy atom. The zero-order valence-corrected chi connectivity index (χ0v) is 12.4. The van der Waals surface area contributed by atoms with Gasteiger partial charge in [0.1, 0.15) is 0 Å². The molecule has 0 aromatic heterocycles. The molecule has 0 saturated heterocycles. The van der Waals surface area contributed by atoms with Gasteiger partial charge >= 0.3 is 0 Å². The molecule has 0 heterocycles. The molecule has 1 atom stereocenters. The third-order valence-electron chi connectivity index (χ3n) is 2.45. The minimum Gasteiger partial charge on any atom is -0.385 e. The van der Waals surface area contributed by atoms with Gasteiger partial charge in [0.05, 0.1) is 5.75 Å². The van der Waals surface area contributed by atoms with Gasteiger partial charge < -0.3 is 4.74 Å². The zero-order chi connectivity index (χ0) is 12.4. The Morgan fingerprint density at radius 3 is 2.62 bits per heavy atom. The number of nitrogens with one attached hydrogen (secondary N) is 1. The lowest BCUT2D eigenvalue weighted by Crippen LogP contribution is -2.31. The smallest absolute Gasteiger partial charge is 0.211 e. The second-order valence-corrected chi connectivity index (χ2v) is 6.49. The average molecular weight is 316 g/mol. The number of hydrogen-bond donors (Lipinski definition) is 1. The van der Waals surface area contributed by atoms with Crippen LogP contribution >= 0.6 is 15.9 Å². The Kier molecular flexibility index (Phi) is 9.59. The number of methoxy groups -OCH3 is 1. The first-order valence-electron chi connectivity index (χ1n) is 5.58. The largest absolute Gasteiger partial charge is 0.385 e. The molecule has 1 unspecified atom stereocenters. The predicted octanol–water partition coefficient (Wildman–Crippen LogP) is 1.75. The topological polar surface area (TPSA) is 55.4 Å². The Bertz CT molecular complexity index is 257. The highest BCUT2D eigenvalue weighted by molar-refractivity contribution is 9.09. The molecule has 0 rings (SSSR count). The van der Waals surface area contributed by atoms with E-state index in [0.717, 1.165) is 18.2 Å². The molecular weight excluding hydrogens is 294 g/mol. The maximum atomic E-state index is 11.6. The predicted molar refractivity (Wildman–Crippen MR) is 70.5 cm³/mol. The highest BCUT2D eigenvalue weighted by Crippen LogP contribution is 2.09. The van der Waals surface area contributed by atoms with E-state index in [0.29, 0.717) is 25.5 Å². The standard InChI is InChI=1S/C10H22BrNO3S/c1-3-10(5-6-11)9-12-16(13,14)8-4-7-15-2/h10,12H,3-9H2,1-2H3.